The molecule has 0 fully saturated rings. The molecule has 1 rings (SSSR count). The molecule has 0 aliphatic carbocycles. The second kappa shape index (κ2) is 1.82. The summed E-state index contributed by atoms with van der Waals surface area (Å²) in [6, 6.07) is 0. The van der Waals surface area contributed by atoms with E-state index in [0.717, 1.165) is 13.1 Å². The van der Waals surface area contributed by atoms with Crippen molar-refractivity contribution >= 4 is 0 Å². The van der Waals surface area contributed by atoms with E-state index in [0.29, 0.717) is 0 Å². The summed E-state index contributed by atoms with van der Waals surface area (Å²) in [5.74, 6) is 0. The molecule has 0 bridgehead atoms. The Hall–Kier alpha value is -0.720. The topological polar surface area (TPSA) is 3.24 Å². The monoisotopic (exact) mass is 94.1 g/mol. The highest BCUT2D eigenvalue weighted by atomic mass is 15.1. The zero-order chi connectivity index (χ0) is 5.11. The van der Waals surface area contributed by atoms with Gasteiger partial charge in [-0.2, -0.15) is 0 Å². The fourth-order valence-corrected chi connectivity index (χ4v) is 0.503. The Kier molecular flexibility index (Phi) is 1.16. The van der Waals surface area contributed by atoms with Gasteiger partial charge < -0.3 is 4.90 Å². The zero-order valence-electron chi connectivity index (χ0n) is 4.22. The molecule has 0 spiro atoms. The van der Waals surface area contributed by atoms with Crippen LogP contribution in [-0.4, -0.2) is 18.0 Å². The lowest BCUT2D eigenvalue weighted by Crippen LogP contribution is -2.24. The summed E-state index contributed by atoms with van der Waals surface area (Å²) in [4.78, 5) is 2.13. The Balaban J connectivity index is 2.17. The molecule has 1 nitrogen and oxygen atoms in total. The summed E-state index contributed by atoms with van der Waals surface area (Å²) in [5.41, 5.74) is 0. The maximum Gasteiger partial charge on any atom is 0.0445 e. The SMILES string of the molecule is C=CCN1C=[C]C1. The van der Waals surface area contributed by atoms with Crippen LogP contribution in [-0.2, 0) is 0 Å². The van der Waals surface area contributed by atoms with Crippen LogP contribution in [0.25, 0.3) is 0 Å². The number of hydrogen-bond acceptors (Lipinski definition) is 1. The lowest BCUT2D eigenvalue weighted by Gasteiger charge is -2.21. The third-order valence-corrected chi connectivity index (χ3v) is 0.932. The van der Waals surface area contributed by atoms with Gasteiger partial charge in [-0.3, -0.25) is 0 Å². The zero-order valence-corrected chi connectivity index (χ0v) is 4.22. The molecule has 1 aliphatic heterocycles. The molecule has 1 heteroatoms. The molecule has 0 amide bonds. The fraction of sp³-hybridized carbons (Fsp3) is 0.333. The summed E-state index contributed by atoms with van der Waals surface area (Å²) in [6.45, 7) is 5.54. The number of nitrogens with zero attached hydrogens (tertiary/aromatic N) is 1. The van der Waals surface area contributed by atoms with Crippen LogP contribution in [0.5, 0.6) is 0 Å². The van der Waals surface area contributed by atoms with E-state index in [-0.39, 0.29) is 0 Å². The van der Waals surface area contributed by atoms with Crippen molar-refractivity contribution in [2.24, 2.45) is 0 Å². The third-order valence-electron chi connectivity index (χ3n) is 0.932. The number of hydrogen-bond donors (Lipinski definition) is 0. The highest BCUT2D eigenvalue weighted by molar-refractivity contribution is 4.92. The van der Waals surface area contributed by atoms with Crippen LogP contribution in [0, 0.1) is 6.08 Å². The van der Waals surface area contributed by atoms with E-state index < -0.39 is 0 Å². The first kappa shape index (κ1) is 4.44. The van der Waals surface area contributed by atoms with Crippen molar-refractivity contribution in [2.45, 2.75) is 0 Å². The minimum Gasteiger partial charge on any atom is -0.369 e. The molecule has 0 saturated carbocycles. The summed E-state index contributed by atoms with van der Waals surface area (Å²) in [5, 5.41) is 0. The maximum absolute atomic E-state index is 3.59. The molecule has 1 heterocycles. The van der Waals surface area contributed by atoms with Crippen LogP contribution in [0.4, 0.5) is 0 Å². The standard InChI is InChI=1S/C6H8N/c1-2-4-7-5-3-6-7/h2,5H,1,4,6H2. The molecule has 7 heavy (non-hydrogen) atoms. The van der Waals surface area contributed by atoms with E-state index in [4.69, 9.17) is 0 Å². The Morgan fingerprint density at radius 3 is 2.86 bits per heavy atom. The Morgan fingerprint density at radius 2 is 2.71 bits per heavy atom. The lowest BCUT2D eigenvalue weighted by atomic mass is 10.3. The molecule has 37 valence electrons. The Labute approximate surface area is 43.9 Å². The van der Waals surface area contributed by atoms with Gasteiger partial charge >= 0.3 is 0 Å². The van der Waals surface area contributed by atoms with Crippen LogP contribution in [0.3, 0.4) is 0 Å². The van der Waals surface area contributed by atoms with Crippen molar-refractivity contribution in [3.8, 4) is 0 Å². The van der Waals surface area contributed by atoms with Gasteiger partial charge in [0.1, 0.15) is 0 Å². The average molecular weight is 94.1 g/mol. The first-order chi connectivity index (χ1) is 3.43. The minimum absolute atomic E-state index is 0.965. The van der Waals surface area contributed by atoms with Gasteiger partial charge in [-0.15, -0.1) is 6.58 Å². The van der Waals surface area contributed by atoms with Gasteiger partial charge in [0.25, 0.3) is 0 Å². The average Bonchev–Trinajstić information content (AvgIpc) is 1.55. The summed E-state index contributed by atoms with van der Waals surface area (Å²) >= 11 is 0. The first-order valence-electron chi connectivity index (χ1n) is 2.35. The molecule has 0 aromatic rings. The van der Waals surface area contributed by atoms with Crippen LogP contribution in [0.2, 0.25) is 0 Å². The highest BCUT2D eigenvalue weighted by Gasteiger charge is 1.99. The minimum atomic E-state index is 0.965. The van der Waals surface area contributed by atoms with Crippen LogP contribution >= 0.6 is 0 Å². The molecule has 0 aromatic carbocycles. The Bertz CT molecular complexity index is 94.4. The Morgan fingerprint density at radius 1 is 2.00 bits per heavy atom. The smallest absolute Gasteiger partial charge is 0.0445 e. The first-order valence-corrected chi connectivity index (χ1v) is 2.35. The van der Waals surface area contributed by atoms with Gasteiger partial charge in [0.05, 0.1) is 0 Å². The molecule has 0 atom stereocenters. The predicted molar refractivity (Wildman–Crippen MR) is 29.6 cm³/mol. The molecule has 0 unspecified atom stereocenters. The van der Waals surface area contributed by atoms with Crippen molar-refractivity contribution in [3.05, 3.63) is 24.9 Å². The third kappa shape index (κ3) is 0.829. The predicted octanol–water partition coefficient (Wildman–Crippen LogP) is 0.805. The molecular weight excluding hydrogens is 86.1 g/mol. The molecular formula is C6H8N. The van der Waals surface area contributed by atoms with Crippen molar-refractivity contribution < 1.29 is 0 Å². The fourth-order valence-electron chi connectivity index (χ4n) is 0.503. The van der Waals surface area contributed by atoms with Crippen LogP contribution in [0.15, 0.2) is 18.9 Å². The molecule has 0 N–H and O–H groups in total. The van der Waals surface area contributed by atoms with E-state index in [1.165, 1.54) is 0 Å². The molecule has 1 aliphatic rings. The maximum atomic E-state index is 3.59. The van der Waals surface area contributed by atoms with Crippen molar-refractivity contribution in [3.63, 3.8) is 0 Å². The largest absolute Gasteiger partial charge is 0.369 e. The van der Waals surface area contributed by atoms with Gasteiger partial charge in [0.2, 0.25) is 0 Å². The second-order valence-electron chi connectivity index (χ2n) is 1.55. The van der Waals surface area contributed by atoms with E-state index >= 15 is 0 Å². The molecule has 1 radical (unpaired) electrons. The highest BCUT2D eigenvalue weighted by Crippen LogP contribution is 1.97. The summed E-state index contributed by atoms with van der Waals surface area (Å²) in [7, 11) is 0. The summed E-state index contributed by atoms with van der Waals surface area (Å²) < 4.78 is 0. The second-order valence-corrected chi connectivity index (χ2v) is 1.55. The van der Waals surface area contributed by atoms with Gasteiger partial charge in [-0.05, 0) is 6.08 Å². The van der Waals surface area contributed by atoms with Gasteiger partial charge in [0.15, 0.2) is 0 Å². The number of rotatable bonds is 2. The van der Waals surface area contributed by atoms with Crippen LogP contribution < -0.4 is 0 Å². The van der Waals surface area contributed by atoms with E-state index in [1.54, 1.807) is 0 Å². The van der Waals surface area contributed by atoms with E-state index in [2.05, 4.69) is 17.6 Å². The quantitative estimate of drug-likeness (QED) is 0.457. The molecule has 0 aromatic heterocycles. The van der Waals surface area contributed by atoms with Gasteiger partial charge in [-0.25, -0.2) is 0 Å². The van der Waals surface area contributed by atoms with Crippen molar-refractivity contribution in [1.82, 2.24) is 4.90 Å². The lowest BCUT2D eigenvalue weighted by molar-refractivity contribution is 0.405. The van der Waals surface area contributed by atoms with E-state index in [1.807, 2.05) is 12.3 Å². The van der Waals surface area contributed by atoms with Gasteiger partial charge in [0, 0.05) is 19.3 Å². The van der Waals surface area contributed by atoms with E-state index in [9.17, 15) is 0 Å². The van der Waals surface area contributed by atoms with Gasteiger partial charge in [-0.1, -0.05) is 6.08 Å². The normalized spacial score (nSPS) is 16.3. The van der Waals surface area contributed by atoms with Crippen molar-refractivity contribution in [2.75, 3.05) is 13.1 Å². The summed E-state index contributed by atoms with van der Waals surface area (Å²) in [6.07, 6.45) is 6.83. The molecule has 0 saturated heterocycles. The van der Waals surface area contributed by atoms with Crippen molar-refractivity contribution in [1.29, 1.82) is 0 Å². The van der Waals surface area contributed by atoms with Crippen LogP contribution in [0.1, 0.15) is 0 Å².